The van der Waals surface area contributed by atoms with Crippen molar-refractivity contribution in [2.75, 3.05) is 26.4 Å². The first-order valence-corrected chi connectivity index (χ1v) is 11.4. The van der Waals surface area contributed by atoms with Crippen LogP contribution in [0, 0.1) is 11.3 Å². The standard InChI is InChI=1S/C23H46O3/c1-6-10-11-12-13-14-15-21(18-23(9-4)19-24-20-23)22(5,25-16-7-2)26-17-8-3/h21H,6-20H2,1-5H3. The van der Waals surface area contributed by atoms with E-state index in [-0.39, 0.29) is 0 Å². The molecule has 1 heterocycles. The molecule has 0 amide bonds. The molecule has 0 saturated carbocycles. The molecule has 0 spiro atoms. The van der Waals surface area contributed by atoms with Crippen LogP contribution < -0.4 is 0 Å². The molecule has 0 radical (unpaired) electrons. The highest BCUT2D eigenvalue weighted by Gasteiger charge is 2.45. The second-order valence-corrected chi connectivity index (χ2v) is 8.52. The molecular weight excluding hydrogens is 324 g/mol. The lowest BCUT2D eigenvalue weighted by molar-refractivity contribution is -0.269. The largest absolute Gasteiger partial charge is 0.380 e. The minimum Gasteiger partial charge on any atom is -0.380 e. The van der Waals surface area contributed by atoms with Crippen molar-refractivity contribution >= 4 is 0 Å². The number of hydrogen-bond donors (Lipinski definition) is 0. The molecule has 0 aromatic heterocycles. The molecule has 3 heteroatoms. The quantitative estimate of drug-likeness (QED) is 0.210. The number of unbranched alkanes of at least 4 members (excludes halogenated alkanes) is 5. The third-order valence-corrected chi connectivity index (χ3v) is 6.08. The van der Waals surface area contributed by atoms with Crippen LogP contribution in [0.25, 0.3) is 0 Å². The zero-order chi connectivity index (χ0) is 19.3. The van der Waals surface area contributed by atoms with Crippen LogP contribution in [-0.4, -0.2) is 32.2 Å². The van der Waals surface area contributed by atoms with Crippen molar-refractivity contribution in [1.29, 1.82) is 0 Å². The first-order valence-electron chi connectivity index (χ1n) is 11.4. The van der Waals surface area contributed by atoms with Gasteiger partial charge in [-0.05, 0) is 39.0 Å². The van der Waals surface area contributed by atoms with Gasteiger partial charge in [0, 0.05) is 24.5 Å². The average molecular weight is 371 g/mol. The van der Waals surface area contributed by atoms with Gasteiger partial charge in [0.25, 0.3) is 0 Å². The van der Waals surface area contributed by atoms with E-state index >= 15 is 0 Å². The van der Waals surface area contributed by atoms with Gasteiger partial charge < -0.3 is 14.2 Å². The van der Waals surface area contributed by atoms with E-state index in [9.17, 15) is 0 Å². The lowest BCUT2D eigenvalue weighted by atomic mass is 9.72. The fourth-order valence-corrected chi connectivity index (χ4v) is 3.99. The molecule has 1 saturated heterocycles. The Hall–Kier alpha value is -0.120. The molecule has 156 valence electrons. The second kappa shape index (κ2) is 13.1. The summed E-state index contributed by atoms with van der Waals surface area (Å²) in [6, 6.07) is 0. The first-order chi connectivity index (χ1) is 12.6. The third kappa shape index (κ3) is 7.86. The number of rotatable bonds is 17. The molecule has 0 bridgehead atoms. The van der Waals surface area contributed by atoms with Crippen molar-refractivity contribution < 1.29 is 14.2 Å². The van der Waals surface area contributed by atoms with E-state index in [1.165, 1.54) is 57.8 Å². The van der Waals surface area contributed by atoms with Gasteiger partial charge in [0.2, 0.25) is 0 Å². The topological polar surface area (TPSA) is 27.7 Å². The normalized spacial score (nSPS) is 17.9. The summed E-state index contributed by atoms with van der Waals surface area (Å²) in [6.45, 7) is 14.5. The monoisotopic (exact) mass is 370 g/mol. The van der Waals surface area contributed by atoms with Crippen LogP contribution in [0.3, 0.4) is 0 Å². The van der Waals surface area contributed by atoms with E-state index in [0.29, 0.717) is 11.3 Å². The maximum Gasteiger partial charge on any atom is 0.168 e. The molecule has 26 heavy (non-hydrogen) atoms. The average Bonchev–Trinajstić information content (AvgIpc) is 2.62. The van der Waals surface area contributed by atoms with Crippen molar-refractivity contribution in [3.63, 3.8) is 0 Å². The van der Waals surface area contributed by atoms with Gasteiger partial charge >= 0.3 is 0 Å². The summed E-state index contributed by atoms with van der Waals surface area (Å²) < 4.78 is 18.3. The van der Waals surface area contributed by atoms with E-state index in [1.807, 2.05) is 0 Å². The van der Waals surface area contributed by atoms with Gasteiger partial charge in [-0.3, -0.25) is 0 Å². The summed E-state index contributed by atoms with van der Waals surface area (Å²) in [6.07, 6.45) is 13.7. The van der Waals surface area contributed by atoms with Gasteiger partial charge in [0.15, 0.2) is 5.79 Å². The first kappa shape index (κ1) is 23.9. The molecule has 0 N–H and O–H groups in total. The number of hydrogen-bond acceptors (Lipinski definition) is 3. The molecule has 1 unspecified atom stereocenters. The maximum atomic E-state index is 6.33. The number of ether oxygens (including phenoxy) is 3. The fraction of sp³-hybridized carbons (Fsp3) is 1.00. The summed E-state index contributed by atoms with van der Waals surface area (Å²) >= 11 is 0. The predicted octanol–water partition coefficient (Wildman–Crippen LogP) is 6.74. The zero-order valence-corrected chi connectivity index (χ0v) is 18.4. The Morgan fingerprint density at radius 2 is 1.42 bits per heavy atom. The molecule has 1 fully saturated rings. The molecule has 1 rings (SSSR count). The minimum atomic E-state index is -0.451. The van der Waals surface area contributed by atoms with Crippen molar-refractivity contribution in [2.45, 2.75) is 111 Å². The highest BCUT2D eigenvalue weighted by atomic mass is 16.7. The summed E-state index contributed by atoms with van der Waals surface area (Å²) in [5, 5.41) is 0. The van der Waals surface area contributed by atoms with Crippen LogP contribution in [0.2, 0.25) is 0 Å². The Labute approximate surface area is 163 Å². The molecule has 0 aliphatic carbocycles. The van der Waals surface area contributed by atoms with Gasteiger partial charge in [-0.15, -0.1) is 0 Å². The van der Waals surface area contributed by atoms with Gasteiger partial charge in [-0.2, -0.15) is 0 Å². The van der Waals surface area contributed by atoms with Gasteiger partial charge in [-0.1, -0.05) is 66.2 Å². The van der Waals surface area contributed by atoms with Crippen molar-refractivity contribution in [3.05, 3.63) is 0 Å². The summed E-state index contributed by atoms with van der Waals surface area (Å²) in [4.78, 5) is 0. The van der Waals surface area contributed by atoms with Crippen molar-refractivity contribution in [2.24, 2.45) is 11.3 Å². The van der Waals surface area contributed by atoms with Crippen LogP contribution in [0.4, 0.5) is 0 Å². The van der Waals surface area contributed by atoms with Crippen LogP contribution in [0.1, 0.15) is 105 Å². The molecule has 1 atom stereocenters. The van der Waals surface area contributed by atoms with E-state index in [4.69, 9.17) is 14.2 Å². The van der Waals surface area contributed by atoms with E-state index in [0.717, 1.165) is 39.3 Å². The molecule has 0 aromatic rings. The Balaban J connectivity index is 2.70. The zero-order valence-electron chi connectivity index (χ0n) is 18.4. The lowest BCUT2D eigenvalue weighted by Crippen LogP contribution is -2.49. The van der Waals surface area contributed by atoms with Crippen LogP contribution >= 0.6 is 0 Å². The Bertz CT molecular complexity index is 325. The summed E-state index contributed by atoms with van der Waals surface area (Å²) in [5.41, 5.74) is 0.347. The summed E-state index contributed by atoms with van der Waals surface area (Å²) in [7, 11) is 0. The van der Waals surface area contributed by atoms with E-state index in [2.05, 4.69) is 34.6 Å². The summed E-state index contributed by atoms with van der Waals surface area (Å²) in [5.74, 6) is 0.00309. The molecule has 3 nitrogen and oxygen atoms in total. The third-order valence-electron chi connectivity index (χ3n) is 6.08. The van der Waals surface area contributed by atoms with Gasteiger partial charge in [-0.25, -0.2) is 0 Å². The molecular formula is C23H46O3. The molecule has 1 aliphatic heterocycles. The molecule has 0 aromatic carbocycles. The van der Waals surface area contributed by atoms with E-state index in [1.54, 1.807) is 0 Å². The van der Waals surface area contributed by atoms with Gasteiger partial charge in [0.05, 0.1) is 13.2 Å². The van der Waals surface area contributed by atoms with Crippen LogP contribution in [-0.2, 0) is 14.2 Å². The minimum absolute atomic E-state index is 0.347. The SMILES string of the molecule is CCCCCCCCC(CC1(CC)COC1)C(C)(OCCC)OCCC. The Kier molecular flexibility index (Phi) is 12.1. The Morgan fingerprint density at radius 1 is 0.846 bits per heavy atom. The van der Waals surface area contributed by atoms with E-state index < -0.39 is 5.79 Å². The van der Waals surface area contributed by atoms with Crippen molar-refractivity contribution in [1.82, 2.24) is 0 Å². The second-order valence-electron chi connectivity index (χ2n) is 8.52. The van der Waals surface area contributed by atoms with Gasteiger partial charge in [0.1, 0.15) is 0 Å². The highest BCUT2D eigenvalue weighted by molar-refractivity contribution is 4.90. The van der Waals surface area contributed by atoms with Crippen LogP contribution in [0.15, 0.2) is 0 Å². The smallest absolute Gasteiger partial charge is 0.168 e. The fourth-order valence-electron chi connectivity index (χ4n) is 3.99. The van der Waals surface area contributed by atoms with Crippen molar-refractivity contribution in [3.8, 4) is 0 Å². The maximum absolute atomic E-state index is 6.33. The lowest BCUT2D eigenvalue weighted by Gasteiger charge is -2.47. The Morgan fingerprint density at radius 3 is 1.88 bits per heavy atom. The van der Waals surface area contributed by atoms with Crippen LogP contribution in [0.5, 0.6) is 0 Å². The highest BCUT2D eigenvalue weighted by Crippen LogP contribution is 2.44. The molecule has 1 aliphatic rings. The predicted molar refractivity (Wildman–Crippen MR) is 111 cm³/mol.